The fourth-order valence-electron chi connectivity index (χ4n) is 4.45. The average molecular weight is 376 g/mol. The van der Waals surface area contributed by atoms with Crippen molar-refractivity contribution in [1.82, 2.24) is 15.0 Å². The molecular weight excluding hydrogens is 346 g/mol. The van der Waals surface area contributed by atoms with Crippen LogP contribution >= 0.6 is 0 Å². The smallest absolute Gasteiger partial charge is 0.137 e. The molecule has 1 aromatic carbocycles. The molecule has 4 heteroatoms. The highest BCUT2D eigenvalue weighted by atomic mass is 16.5. The molecule has 1 saturated carbocycles. The van der Waals surface area contributed by atoms with Crippen LogP contribution < -0.4 is 0 Å². The van der Waals surface area contributed by atoms with Crippen molar-refractivity contribution in [1.29, 1.82) is 0 Å². The number of pyridine rings is 1. The summed E-state index contributed by atoms with van der Waals surface area (Å²) in [7, 11) is 0. The molecule has 4 rings (SSSR count). The Kier molecular flexibility index (Phi) is 5.87. The molecule has 4 nitrogen and oxygen atoms in total. The lowest BCUT2D eigenvalue weighted by molar-refractivity contribution is 0.138. The van der Waals surface area contributed by atoms with E-state index in [1.807, 2.05) is 19.3 Å². The Bertz CT molecular complexity index is 872. The summed E-state index contributed by atoms with van der Waals surface area (Å²) >= 11 is 0. The molecule has 0 amide bonds. The molecule has 1 fully saturated rings. The fourth-order valence-corrected chi connectivity index (χ4v) is 4.45. The van der Waals surface area contributed by atoms with Crippen molar-refractivity contribution in [2.75, 3.05) is 0 Å². The highest BCUT2D eigenvalue weighted by molar-refractivity contribution is 5.22. The van der Waals surface area contributed by atoms with Gasteiger partial charge in [0.1, 0.15) is 5.76 Å². The van der Waals surface area contributed by atoms with E-state index in [-0.39, 0.29) is 0 Å². The summed E-state index contributed by atoms with van der Waals surface area (Å²) in [5, 5.41) is 4.08. The second kappa shape index (κ2) is 8.70. The van der Waals surface area contributed by atoms with Gasteiger partial charge in [0.2, 0.25) is 0 Å². The molecule has 2 aromatic heterocycles. The molecule has 0 bridgehead atoms. The predicted molar refractivity (Wildman–Crippen MR) is 111 cm³/mol. The number of nitrogens with zero attached hydrogens (tertiary/aromatic N) is 3. The van der Waals surface area contributed by atoms with Crippen molar-refractivity contribution in [3.8, 4) is 0 Å². The van der Waals surface area contributed by atoms with Crippen LogP contribution in [-0.2, 0) is 19.5 Å². The Hall–Kier alpha value is -2.46. The van der Waals surface area contributed by atoms with Crippen LogP contribution in [0.1, 0.15) is 47.4 Å². The summed E-state index contributed by atoms with van der Waals surface area (Å²) in [5.41, 5.74) is 4.98. The van der Waals surface area contributed by atoms with E-state index in [1.165, 1.54) is 36.0 Å². The van der Waals surface area contributed by atoms with Crippen LogP contribution in [0.4, 0.5) is 0 Å². The van der Waals surface area contributed by atoms with E-state index in [2.05, 4.69) is 64.4 Å². The Morgan fingerprint density at radius 1 is 0.964 bits per heavy atom. The molecule has 3 aromatic rings. The van der Waals surface area contributed by atoms with E-state index < -0.39 is 0 Å². The average Bonchev–Trinajstić information content (AvgIpc) is 3.33. The van der Waals surface area contributed by atoms with Crippen LogP contribution in [0.2, 0.25) is 0 Å². The monoisotopic (exact) mass is 375 g/mol. The van der Waals surface area contributed by atoms with Gasteiger partial charge in [-0.15, -0.1) is 0 Å². The first-order chi connectivity index (χ1) is 13.7. The maximum atomic E-state index is 5.53. The molecular formula is C24H29N3O. The van der Waals surface area contributed by atoms with Crippen molar-refractivity contribution in [2.45, 2.75) is 58.7 Å². The molecule has 146 valence electrons. The Morgan fingerprint density at radius 3 is 2.36 bits per heavy atom. The van der Waals surface area contributed by atoms with Crippen molar-refractivity contribution < 1.29 is 4.52 Å². The molecule has 0 unspecified atom stereocenters. The number of hydrogen-bond acceptors (Lipinski definition) is 4. The molecule has 2 heterocycles. The zero-order valence-electron chi connectivity index (χ0n) is 16.8. The van der Waals surface area contributed by atoms with Crippen molar-refractivity contribution in [3.63, 3.8) is 0 Å². The molecule has 0 aliphatic heterocycles. The van der Waals surface area contributed by atoms with E-state index in [1.54, 1.807) is 0 Å². The number of hydrogen-bond donors (Lipinski definition) is 0. The molecule has 0 radical (unpaired) electrons. The van der Waals surface area contributed by atoms with Gasteiger partial charge in [0, 0.05) is 44.0 Å². The first kappa shape index (κ1) is 18.9. The third kappa shape index (κ3) is 4.68. The summed E-state index contributed by atoms with van der Waals surface area (Å²) < 4.78 is 5.53. The summed E-state index contributed by atoms with van der Waals surface area (Å²) in [6.07, 6.45) is 8.54. The minimum atomic E-state index is 0.555. The third-order valence-corrected chi connectivity index (χ3v) is 5.87. The lowest BCUT2D eigenvalue weighted by Crippen LogP contribution is -2.37. The van der Waals surface area contributed by atoms with Gasteiger partial charge in [-0.3, -0.25) is 9.88 Å². The minimum Gasteiger partial charge on any atom is -0.361 e. The maximum absolute atomic E-state index is 5.53. The summed E-state index contributed by atoms with van der Waals surface area (Å²) in [6, 6.07) is 15.9. The summed E-state index contributed by atoms with van der Waals surface area (Å²) in [6.45, 7) is 6.06. The van der Waals surface area contributed by atoms with Gasteiger partial charge >= 0.3 is 0 Å². The van der Waals surface area contributed by atoms with Gasteiger partial charge in [-0.25, -0.2) is 0 Å². The van der Waals surface area contributed by atoms with E-state index in [0.717, 1.165) is 31.0 Å². The SMILES string of the molecule is Cc1ccc(CN(Cc2ccncc2)[C@@H]2CCC[C@H]2Cc2cc(C)no2)cc1. The molecule has 1 aliphatic rings. The number of rotatable bonds is 7. The van der Waals surface area contributed by atoms with Crippen LogP contribution in [0.25, 0.3) is 0 Å². The number of aromatic nitrogens is 2. The van der Waals surface area contributed by atoms with Crippen LogP contribution in [-0.4, -0.2) is 21.1 Å². The van der Waals surface area contributed by atoms with Crippen LogP contribution in [0.3, 0.4) is 0 Å². The lowest BCUT2D eigenvalue weighted by Gasteiger charge is -2.33. The number of aryl methyl sites for hydroxylation is 2. The first-order valence-corrected chi connectivity index (χ1v) is 10.3. The molecule has 1 aliphatic carbocycles. The van der Waals surface area contributed by atoms with E-state index in [4.69, 9.17) is 4.52 Å². The fraction of sp³-hybridized carbons (Fsp3) is 0.417. The van der Waals surface area contributed by atoms with Gasteiger partial charge in [0.15, 0.2) is 0 Å². The maximum Gasteiger partial charge on any atom is 0.137 e. The van der Waals surface area contributed by atoms with Gasteiger partial charge in [0.25, 0.3) is 0 Å². The lowest BCUT2D eigenvalue weighted by atomic mass is 9.95. The summed E-state index contributed by atoms with van der Waals surface area (Å²) in [5.74, 6) is 1.63. The van der Waals surface area contributed by atoms with Crippen molar-refractivity contribution in [3.05, 3.63) is 83.0 Å². The van der Waals surface area contributed by atoms with Crippen molar-refractivity contribution >= 4 is 0 Å². The number of benzene rings is 1. The molecule has 0 saturated heterocycles. The Labute approximate surface area is 167 Å². The first-order valence-electron chi connectivity index (χ1n) is 10.3. The highest BCUT2D eigenvalue weighted by Gasteiger charge is 2.33. The van der Waals surface area contributed by atoms with E-state index >= 15 is 0 Å². The van der Waals surface area contributed by atoms with Gasteiger partial charge < -0.3 is 4.52 Å². The Morgan fingerprint density at radius 2 is 1.68 bits per heavy atom. The third-order valence-electron chi connectivity index (χ3n) is 5.87. The zero-order chi connectivity index (χ0) is 19.3. The largest absolute Gasteiger partial charge is 0.361 e. The Balaban J connectivity index is 1.54. The normalized spacial score (nSPS) is 19.4. The van der Waals surface area contributed by atoms with E-state index in [0.29, 0.717) is 12.0 Å². The van der Waals surface area contributed by atoms with Crippen LogP contribution in [0.15, 0.2) is 59.4 Å². The summed E-state index contributed by atoms with van der Waals surface area (Å²) in [4.78, 5) is 6.83. The minimum absolute atomic E-state index is 0.555. The second-order valence-electron chi connectivity index (χ2n) is 8.14. The quantitative estimate of drug-likeness (QED) is 0.576. The topological polar surface area (TPSA) is 42.2 Å². The predicted octanol–water partition coefficient (Wildman–Crippen LogP) is 5.10. The second-order valence-corrected chi connectivity index (χ2v) is 8.14. The van der Waals surface area contributed by atoms with Gasteiger partial charge in [-0.2, -0.15) is 0 Å². The highest BCUT2D eigenvalue weighted by Crippen LogP contribution is 2.34. The van der Waals surface area contributed by atoms with Gasteiger partial charge in [-0.05, 0) is 55.9 Å². The molecule has 0 N–H and O–H groups in total. The standard InChI is InChI=1S/C24H29N3O/c1-18-6-8-20(9-7-18)16-27(17-21-10-12-25-13-11-21)24-5-3-4-22(24)15-23-14-19(2)26-28-23/h6-14,22,24H,3-5,15-17H2,1-2H3/t22-,24+/m0/s1. The molecule has 2 atom stereocenters. The van der Waals surface area contributed by atoms with E-state index in [9.17, 15) is 0 Å². The van der Waals surface area contributed by atoms with Crippen LogP contribution in [0.5, 0.6) is 0 Å². The molecule has 28 heavy (non-hydrogen) atoms. The zero-order valence-corrected chi connectivity index (χ0v) is 16.8. The van der Waals surface area contributed by atoms with Gasteiger partial charge in [-0.1, -0.05) is 41.4 Å². The van der Waals surface area contributed by atoms with Crippen molar-refractivity contribution in [2.24, 2.45) is 5.92 Å². The van der Waals surface area contributed by atoms with Crippen LogP contribution in [0, 0.1) is 19.8 Å². The van der Waals surface area contributed by atoms with Gasteiger partial charge in [0.05, 0.1) is 5.69 Å². The molecule has 0 spiro atoms.